The van der Waals surface area contributed by atoms with E-state index in [0.29, 0.717) is 19.5 Å². The van der Waals surface area contributed by atoms with Crippen molar-refractivity contribution in [3.05, 3.63) is 35.6 Å². The van der Waals surface area contributed by atoms with Gasteiger partial charge in [0, 0.05) is 39.1 Å². The summed E-state index contributed by atoms with van der Waals surface area (Å²) in [6, 6.07) is 6.18. The molecule has 2 heterocycles. The molecule has 0 spiro atoms. The highest BCUT2D eigenvalue weighted by atomic mass is 19.1. The Morgan fingerprint density at radius 1 is 1.25 bits per heavy atom. The first kappa shape index (κ1) is 19.3. The van der Waals surface area contributed by atoms with Crippen molar-refractivity contribution in [2.45, 2.75) is 37.1 Å². The first-order chi connectivity index (χ1) is 13.6. The maximum Gasteiger partial charge on any atom is 0.230 e. The molecular weight excluding hydrogens is 361 g/mol. The van der Waals surface area contributed by atoms with Gasteiger partial charge in [-0.05, 0) is 30.5 Å². The second kappa shape index (κ2) is 8.17. The molecule has 0 radical (unpaired) electrons. The molecule has 1 aromatic carbocycles. The van der Waals surface area contributed by atoms with Crippen molar-refractivity contribution in [2.75, 3.05) is 45.9 Å². The van der Waals surface area contributed by atoms with Gasteiger partial charge in [0.05, 0.1) is 24.7 Å². The quantitative estimate of drug-likeness (QED) is 0.797. The molecule has 1 atom stereocenters. The zero-order chi connectivity index (χ0) is 19.6. The third kappa shape index (κ3) is 3.91. The number of morpholine rings is 1. The largest absolute Gasteiger partial charge is 0.379 e. The molecule has 7 heteroatoms. The summed E-state index contributed by atoms with van der Waals surface area (Å²) in [6.45, 7) is 5.36. The minimum absolute atomic E-state index is 0.0721. The van der Waals surface area contributed by atoms with Gasteiger partial charge < -0.3 is 15.0 Å². The second-order valence-electron chi connectivity index (χ2n) is 8.11. The lowest BCUT2D eigenvalue weighted by atomic mass is 9.63. The predicted octanol–water partition coefficient (Wildman–Crippen LogP) is 1.30. The van der Waals surface area contributed by atoms with Crippen LogP contribution < -0.4 is 5.32 Å². The Morgan fingerprint density at radius 3 is 2.71 bits per heavy atom. The molecule has 0 aromatic heterocycles. The van der Waals surface area contributed by atoms with E-state index in [2.05, 4.69) is 10.2 Å². The minimum Gasteiger partial charge on any atom is -0.379 e. The molecule has 1 aromatic rings. The number of nitrogens with zero attached hydrogens (tertiary/aromatic N) is 2. The monoisotopic (exact) mass is 389 g/mol. The standard InChI is InChI=1S/C21H28FN3O3/c22-17-4-1-3-16(13-17)21(5-2-6-21)20(27)23-18-14-19(26)25(15-18)8-7-24-9-11-28-12-10-24/h1,3-4,13,18H,2,5-12,14-15H2,(H,23,27). The van der Waals surface area contributed by atoms with E-state index in [1.807, 2.05) is 11.0 Å². The molecule has 4 rings (SSSR count). The van der Waals surface area contributed by atoms with E-state index in [0.717, 1.165) is 57.7 Å². The van der Waals surface area contributed by atoms with Crippen molar-refractivity contribution in [2.24, 2.45) is 0 Å². The first-order valence-corrected chi connectivity index (χ1v) is 10.2. The molecule has 152 valence electrons. The highest BCUT2D eigenvalue weighted by Gasteiger charge is 2.47. The average molecular weight is 389 g/mol. The Morgan fingerprint density at radius 2 is 2.04 bits per heavy atom. The Kier molecular flexibility index (Phi) is 5.64. The lowest BCUT2D eigenvalue weighted by Crippen LogP contribution is -2.52. The fraction of sp³-hybridized carbons (Fsp3) is 0.619. The van der Waals surface area contributed by atoms with Gasteiger partial charge in [0.2, 0.25) is 11.8 Å². The van der Waals surface area contributed by atoms with E-state index in [1.165, 1.54) is 12.1 Å². The maximum atomic E-state index is 13.7. The molecule has 1 aliphatic carbocycles. The van der Waals surface area contributed by atoms with Crippen LogP contribution >= 0.6 is 0 Å². The van der Waals surface area contributed by atoms with Crippen LogP contribution in [-0.2, 0) is 19.7 Å². The van der Waals surface area contributed by atoms with Crippen molar-refractivity contribution < 1.29 is 18.7 Å². The SMILES string of the molecule is O=C1CC(NC(=O)C2(c3cccc(F)c3)CCC2)CN1CCN1CCOCC1. The van der Waals surface area contributed by atoms with Gasteiger partial charge in [-0.25, -0.2) is 4.39 Å². The molecule has 3 fully saturated rings. The van der Waals surface area contributed by atoms with Gasteiger partial charge >= 0.3 is 0 Å². The van der Waals surface area contributed by atoms with Crippen LogP contribution in [0.4, 0.5) is 4.39 Å². The number of ether oxygens (including phenoxy) is 1. The smallest absolute Gasteiger partial charge is 0.230 e. The highest BCUT2D eigenvalue weighted by Crippen LogP contribution is 2.44. The summed E-state index contributed by atoms with van der Waals surface area (Å²) in [5.41, 5.74) is 0.0940. The van der Waals surface area contributed by atoms with Crippen molar-refractivity contribution in [1.82, 2.24) is 15.1 Å². The van der Waals surface area contributed by atoms with Gasteiger partial charge in [-0.2, -0.15) is 0 Å². The molecular formula is C21H28FN3O3. The number of nitrogens with one attached hydrogen (secondary N) is 1. The van der Waals surface area contributed by atoms with Crippen molar-refractivity contribution >= 4 is 11.8 Å². The summed E-state index contributed by atoms with van der Waals surface area (Å²) in [5.74, 6) is -0.300. The average Bonchev–Trinajstić information content (AvgIpc) is 2.99. The Balaban J connectivity index is 1.33. The number of rotatable bonds is 6. The normalized spacial score (nSPS) is 24.8. The molecule has 2 amide bonds. The van der Waals surface area contributed by atoms with Crippen LogP contribution in [0, 0.1) is 5.82 Å². The minimum atomic E-state index is -0.646. The van der Waals surface area contributed by atoms with Gasteiger partial charge in [-0.3, -0.25) is 14.5 Å². The van der Waals surface area contributed by atoms with Crippen molar-refractivity contribution in [3.63, 3.8) is 0 Å². The molecule has 2 saturated heterocycles. The number of benzene rings is 1. The summed E-state index contributed by atoms with van der Waals surface area (Å²) in [5, 5.41) is 3.08. The second-order valence-corrected chi connectivity index (χ2v) is 8.11. The summed E-state index contributed by atoms with van der Waals surface area (Å²) in [4.78, 5) is 29.6. The Labute approximate surface area is 165 Å². The number of likely N-dealkylation sites (tertiary alicyclic amines) is 1. The van der Waals surface area contributed by atoms with Gasteiger partial charge in [0.25, 0.3) is 0 Å². The number of carbonyl (C=O) groups excluding carboxylic acids is 2. The first-order valence-electron chi connectivity index (χ1n) is 10.2. The third-order valence-corrected chi connectivity index (χ3v) is 6.36. The molecule has 28 heavy (non-hydrogen) atoms. The lowest BCUT2D eigenvalue weighted by Gasteiger charge is -2.41. The number of carbonyl (C=O) groups is 2. The van der Waals surface area contributed by atoms with E-state index in [-0.39, 0.29) is 23.7 Å². The van der Waals surface area contributed by atoms with Crippen LogP contribution in [0.3, 0.4) is 0 Å². The molecule has 1 unspecified atom stereocenters. The zero-order valence-corrected chi connectivity index (χ0v) is 16.2. The van der Waals surface area contributed by atoms with E-state index < -0.39 is 5.41 Å². The van der Waals surface area contributed by atoms with Crippen LogP contribution in [0.25, 0.3) is 0 Å². The van der Waals surface area contributed by atoms with E-state index in [1.54, 1.807) is 6.07 Å². The topological polar surface area (TPSA) is 61.9 Å². The maximum absolute atomic E-state index is 13.7. The lowest BCUT2D eigenvalue weighted by molar-refractivity contribution is -0.130. The van der Waals surface area contributed by atoms with Crippen molar-refractivity contribution in [1.29, 1.82) is 0 Å². The number of amides is 2. The fourth-order valence-corrected chi connectivity index (χ4v) is 4.46. The van der Waals surface area contributed by atoms with Crippen LogP contribution in [-0.4, -0.2) is 73.6 Å². The molecule has 3 aliphatic rings. The molecule has 1 N–H and O–H groups in total. The summed E-state index contributed by atoms with van der Waals surface area (Å²) in [7, 11) is 0. The summed E-state index contributed by atoms with van der Waals surface area (Å²) >= 11 is 0. The molecule has 0 bridgehead atoms. The Hall–Kier alpha value is -1.99. The van der Waals surface area contributed by atoms with Crippen LogP contribution in [0.2, 0.25) is 0 Å². The third-order valence-electron chi connectivity index (χ3n) is 6.36. The van der Waals surface area contributed by atoms with Crippen LogP contribution in [0.1, 0.15) is 31.2 Å². The van der Waals surface area contributed by atoms with Gasteiger partial charge in [-0.15, -0.1) is 0 Å². The van der Waals surface area contributed by atoms with Gasteiger partial charge in [-0.1, -0.05) is 18.6 Å². The number of hydrogen-bond donors (Lipinski definition) is 1. The molecule has 1 saturated carbocycles. The zero-order valence-electron chi connectivity index (χ0n) is 16.2. The highest BCUT2D eigenvalue weighted by molar-refractivity contribution is 5.90. The summed E-state index contributed by atoms with van der Waals surface area (Å²) < 4.78 is 19.0. The predicted molar refractivity (Wildman–Crippen MR) is 102 cm³/mol. The number of halogens is 1. The van der Waals surface area contributed by atoms with Crippen molar-refractivity contribution in [3.8, 4) is 0 Å². The fourth-order valence-electron chi connectivity index (χ4n) is 4.46. The Bertz CT molecular complexity index is 731. The van der Waals surface area contributed by atoms with E-state index in [9.17, 15) is 14.0 Å². The van der Waals surface area contributed by atoms with Gasteiger partial charge in [0.1, 0.15) is 5.82 Å². The molecule has 2 aliphatic heterocycles. The van der Waals surface area contributed by atoms with E-state index in [4.69, 9.17) is 4.74 Å². The van der Waals surface area contributed by atoms with E-state index >= 15 is 0 Å². The van der Waals surface area contributed by atoms with Gasteiger partial charge in [0.15, 0.2) is 0 Å². The van der Waals surface area contributed by atoms with Crippen LogP contribution in [0.5, 0.6) is 0 Å². The molecule has 6 nitrogen and oxygen atoms in total. The van der Waals surface area contributed by atoms with Crippen LogP contribution in [0.15, 0.2) is 24.3 Å². The summed E-state index contributed by atoms with van der Waals surface area (Å²) in [6.07, 6.45) is 2.75. The number of hydrogen-bond acceptors (Lipinski definition) is 4.